The topological polar surface area (TPSA) is 26.3 Å². The molecule has 4 aromatic rings. The van der Waals surface area contributed by atoms with E-state index in [0.29, 0.717) is 5.92 Å². The first-order valence-electron chi connectivity index (χ1n) is 13.4. The van der Waals surface area contributed by atoms with E-state index < -0.39 is 18.8 Å². The zero-order chi connectivity index (χ0) is 26.1. The molecule has 0 radical (unpaired) electrons. The molecule has 0 aliphatic carbocycles. The fourth-order valence-electron chi connectivity index (χ4n) is 5.05. The van der Waals surface area contributed by atoms with Crippen LogP contribution >= 0.6 is 0 Å². The number of hydrogen-bond donors (Lipinski definition) is 0. The molecule has 190 valence electrons. The van der Waals surface area contributed by atoms with Crippen LogP contribution in [0.5, 0.6) is 0 Å². The summed E-state index contributed by atoms with van der Waals surface area (Å²) in [6.45, 7) is 6.45. The average Bonchev–Trinajstić information content (AvgIpc) is 2.90. The summed E-state index contributed by atoms with van der Waals surface area (Å²) in [5.41, 5.74) is 6.10. The summed E-state index contributed by atoms with van der Waals surface area (Å²) in [5.74, 6) is 0.221. The van der Waals surface area contributed by atoms with Gasteiger partial charge in [0, 0.05) is 0 Å². The minimum absolute atomic E-state index is 0.0878. The first-order valence-corrected chi connectivity index (χ1v) is 20.6. The Morgan fingerprint density at radius 2 is 1.00 bits per heavy atom. The van der Waals surface area contributed by atoms with Gasteiger partial charge < -0.3 is 0 Å². The summed E-state index contributed by atoms with van der Waals surface area (Å²) in [5, 5.41) is 0. The van der Waals surface area contributed by atoms with Gasteiger partial charge in [0.15, 0.2) is 0 Å². The average molecular weight is 597 g/mol. The van der Waals surface area contributed by atoms with Gasteiger partial charge in [0.05, 0.1) is 0 Å². The van der Waals surface area contributed by atoms with E-state index in [4.69, 9.17) is 3.07 Å². The minimum atomic E-state index is -3.65. The van der Waals surface area contributed by atoms with Gasteiger partial charge in [-0.15, -0.1) is 0 Å². The Hall–Kier alpha value is -2.85. The van der Waals surface area contributed by atoms with E-state index in [1.54, 1.807) is 0 Å². The third-order valence-electron chi connectivity index (χ3n) is 6.90. The molecule has 0 fully saturated rings. The summed E-state index contributed by atoms with van der Waals surface area (Å²) in [6.07, 6.45) is 1.05. The molecular weight excluding hydrogens is 559 g/mol. The molecule has 4 aromatic carbocycles. The molecule has 1 unspecified atom stereocenters. The quantitative estimate of drug-likeness (QED) is 0.165. The van der Waals surface area contributed by atoms with Crippen molar-refractivity contribution in [1.29, 1.82) is 0 Å². The number of hydrogen-bond acceptors (Lipinski definition) is 2. The van der Waals surface area contributed by atoms with Crippen LogP contribution < -0.4 is 0 Å². The van der Waals surface area contributed by atoms with Crippen molar-refractivity contribution in [3.63, 3.8) is 0 Å². The molecule has 0 N–H and O–H groups in total. The van der Waals surface area contributed by atoms with Gasteiger partial charge in [0.1, 0.15) is 0 Å². The maximum atomic E-state index is 13.8. The molecule has 0 amide bonds. The van der Waals surface area contributed by atoms with Crippen LogP contribution in [0.1, 0.15) is 54.5 Å². The van der Waals surface area contributed by atoms with Crippen LogP contribution in [-0.2, 0) is 27.6 Å². The Morgan fingerprint density at radius 3 is 1.38 bits per heavy atom. The second kappa shape index (κ2) is 13.1. The van der Waals surface area contributed by atoms with Crippen molar-refractivity contribution in [2.45, 2.75) is 46.4 Å². The number of rotatable bonds is 11. The predicted molar refractivity (Wildman–Crippen MR) is 156 cm³/mol. The maximum absolute atomic E-state index is 13.8. The zero-order valence-corrected chi connectivity index (χ0v) is 25.1. The van der Waals surface area contributed by atoms with E-state index in [-0.39, 0.29) is 11.9 Å². The Bertz CT molecular complexity index is 1130. The Morgan fingerprint density at radius 1 is 0.595 bits per heavy atom. The van der Waals surface area contributed by atoms with Crippen LogP contribution in [0.2, 0.25) is 0 Å². The van der Waals surface area contributed by atoms with Crippen LogP contribution in [0.4, 0.5) is 0 Å². The molecule has 1 atom stereocenters. The van der Waals surface area contributed by atoms with Crippen LogP contribution in [0, 0.1) is 5.92 Å². The third-order valence-corrected chi connectivity index (χ3v) is 17.7. The SMILES string of the molecule is CC(C)Cc1ccc(C(C)C(=O)[O][Sn]([CH2]c2ccccc2)([CH2]c2ccccc2)[CH2]c2ccccc2)cc1. The molecule has 2 nitrogen and oxygen atoms in total. The third kappa shape index (κ3) is 8.07. The van der Waals surface area contributed by atoms with Gasteiger partial charge in [-0.25, -0.2) is 0 Å². The Labute approximate surface area is 227 Å². The monoisotopic (exact) mass is 598 g/mol. The van der Waals surface area contributed by atoms with Crippen LogP contribution in [0.15, 0.2) is 115 Å². The molecule has 3 heteroatoms. The van der Waals surface area contributed by atoms with Crippen molar-refractivity contribution in [1.82, 2.24) is 0 Å². The number of carbonyl (C=O) groups is 1. The van der Waals surface area contributed by atoms with E-state index in [9.17, 15) is 4.79 Å². The molecule has 0 bridgehead atoms. The van der Waals surface area contributed by atoms with Gasteiger partial charge in [-0.1, -0.05) is 0 Å². The van der Waals surface area contributed by atoms with Crippen LogP contribution in [-0.4, -0.2) is 24.8 Å². The molecule has 0 saturated heterocycles. The van der Waals surface area contributed by atoms with Gasteiger partial charge in [-0.3, -0.25) is 0 Å². The fourth-order valence-corrected chi connectivity index (χ4v) is 16.9. The molecule has 0 saturated carbocycles. The van der Waals surface area contributed by atoms with Gasteiger partial charge in [-0.2, -0.15) is 0 Å². The van der Waals surface area contributed by atoms with Crippen molar-refractivity contribution in [3.8, 4) is 0 Å². The molecule has 0 aliphatic rings. The van der Waals surface area contributed by atoms with E-state index in [2.05, 4.69) is 111 Å². The molecule has 0 aromatic heterocycles. The van der Waals surface area contributed by atoms with Gasteiger partial charge in [0.2, 0.25) is 0 Å². The Balaban J connectivity index is 1.66. The van der Waals surface area contributed by atoms with E-state index in [1.165, 1.54) is 22.3 Å². The number of benzene rings is 4. The Kier molecular flexibility index (Phi) is 9.62. The summed E-state index contributed by atoms with van der Waals surface area (Å²) in [4.78, 5) is 13.8. The van der Waals surface area contributed by atoms with Crippen molar-refractivity contribution in [3.05, 3.63) is 143 Å². The number of carbonyl (C=O) groups excluding carboxylic acids is 1. The van der Waals surface area contributed by atoms with Gasteiger partial charge >= 0.3 is 228 Å². The molecule has 4 rings (SSSR count). The van der Waals surface area contributed by atoms with E-state index in [0.717, 1.165) is 25.3 Å². The molecule has 37 heavy (non-hydrogen) atoms. The van der Waals surface area contributed by atoms with E-state index in [1.807, 2.05) is 25.1 Å². The molecular formula is C34H38O2Sn. The molecule has 0 aliphatic heterocycles. The van der Waals surface area contributed by atoms with Crippen molar-refractivity contribution in [2.75, 3.05) is 0 Å². The first-order chi connectivity index (χ1) is 17.9. The van der Waals surface area contributed by atoms with Crippen LogP contribution in [0.3, 0.4) is 0 Å². The van der Waals surface area contributed by atoms with Gasteiger partial charge in [0.25, 0.3) is 0 Å². The normalized spacial score (nSPS) is 12.3. The van der Waals surface area contributed by atoms with Crippen molar-refractivity contribution >= 4 is 24.8 Å². The standard InChI is InChI=1S/C13H18O2.3C7H7.Sn/c1-9(2)8-11-4-6-12(7-5-11)10(3)13(14)15;3*1-7-5-3-2-4-6-7;/h4-7,9-10H,8H2,1-3H3,(H,14,15);3*2-6H,1H2;/q;;;;+1/p-1. The van der Waals surface area contributed by atoms with Crippen molar-refractivity contribution < 1.29 is 7.87 Å². The van der Waals surface area contributed by atoms with Crippen LogP contribution in [0.25, 0.3) is 0 Å². The van der Waals surface area contributed by atoms with Crippen molar-refractivity contribution in [2.24, 2.45) is 5.92 Å². The second-order valence-electron chi connectivity index (χ2n) is 10.7. The molecule has 0 spiro atoms. The summed E-state index contributed by atoms with van der Waals surface area (Å²) in [6, 6.07) is 40.2. The summed E-state index contributed by atoms with van der Waals surface area (Å²) < 4.78 is 9.39. The summed E-state index contributed by atoms with van der Waals surface area (Å²) in [7, 11) is 0. The zero-order valence-electron chi connectivity index (χ0n) is 22.3. The first kappa shape index (κ1) is 27.2. The fraction of sp³-hybridized carbons (Fsp3) is 0.265. The predicted octanol–water partition coefficient (Wildman–Crippen LogP) is 7.82. The van der Waals surface area contributed by atoms with E-state index >= 15 is 0 Å². The second-order valence-corrected chi connectivity index (χ2v) is 21.0. The van der Waals surface area contributed by atoms with Gasteiger partial charge in [-0.05, 0) is 0 Å². The summed E-state index contributed by atoms with van der Waals surface area (Å²) >= 11 is -3.65. The molecule has 0 heterocycles.